The van der Waals surface area contributed by atoms with Crippen LogP contribution in [0.4, 0.5) is 10.1 Å². The molecule has 11 heteroatoms. The standard InChI is InChI=1S/C27H27FN2O7S/c1-34-21-14-25(35-2)22(26(15-21)36-3)10-12-38(32,33)17-18-13-23(27(37-4)30-16-18)29-11-9-24(31)19-5-7-20(28)8-6-19/h5-16,29H,17H2,1-4H3/b11-9-,12-10+. The Hall–Kier alpha value is -4.38. The summed E-state index contributed by atoms with van der Waals surface area (Å²) in [5.41, 5.74) is 1.48. The Morgan fingerprint density at radius 2 is 1.63 bits per heavy atom. The van der Waals surface area contributed by atoms with E-state index < -0.39 is 15.7 Å². The van der Waals surface area contributed by atoms with Crippen LogP contribution in [0.3, 0.4) is 0 Å². The van der Waals surface area contributed by atoms with Gasteiger partial charge in [-0.15, -0.1) is 0 Å². The molecule has 0 amide bonds. The van der Waals surface area contributed by atoms with Crippen molar-refractivity contribution in [2.24, 2.45) is 0 Å². The lowest BCUT2D eigenvalue weighted by Gasteiger charge is -2.12. The van der Waals surface area contributed by atoms with Crippen molar-refractivity contribution < 1.29 is 36.6 Å². The maximum Gasteiger partial charge on any atom is 0.237 e. The van der Waals surface area contributed by atoms with Crippen LogP contribution in [0.25, 0.3) is 6.08 Å². The van der Waals surface area contributed by atoms with Crippen molar-refractivity contribution >= 4 is 27.4 Å². The van der Waals surface area contributed by atoms with Gasteiger partial charge in [0.05, 0.1) is 39.8 Å². The molecule has 0 unspecified atom stereocenters. The third kappa shape index (κ3) is 7.32. The molecule has 38 heavy (non-hydrogen) atoms. The minimum atomic E-state index is -3.74. The zero-order valence-electron chi connectivity index (χ0n) is 21.2. The predicted molar refractivity (Wildman–Crippen MR) is 142 cm³/mol. The lowest BCUT2D eigenvalue weighted by Crippen LogP contribution is -2.04. The molecule has 1 heterocycles. The highest BCUT2D eigenvalue weighted by Gasteiger charge is 2.15. The maximum absolute atomic E-state index is 13.1. The van der Waals surface area contributed by atoms with Gasteiger partial charge in [0.2, 0.25) is 5.88 Å². The number of allylic oxidation sites excluding steroid dienone is 1. The molecular formula is C27H27FN2O7S. The van der Waals surface area contributed by atoms with E-state index in [1.807, 2.05) is 0 Å². The molecule has 1 aromatic heterocycles. The number of hydrogen-bond donors (Lipinski definition) is 1. The molecule has 200 valence electrons. The number of ether oxygens (including phenoxy) is 4. The fourth-order valence-electron chi connectivity index (χ4n) is 3.41. The molecule has 9 nitrogen and oxygen atoms in total. The van der Waals surface area contributed by atoms with Crippen LogP contribution in [-0.2, 0) is 15.6 Å². The number of anilines is 1. The summed E-state index contributed by atoms with van der Waals surface area (Å²) in [6.45, 7) is 0. The molecule has 0 atom stereocenters. The van der Waals surface area contributed by atoms with Gasteiger partial charge in [0, 0.05) is 41.6 Å². The lowest BCUT2D eigenvalue weighted by atomic mass is 10.1. The van der Waals surface area contributed by atoms with Gasteiger partial charge in [-0.25, -0.2) is 17.8 Å². The Morgan fingerprint density at radius 1 is 0.974 bits per heavy atom. The first kappa shape index (κ1) is 28.2. The zero-order chi connectivity index (χ0) is 27.7. The summed E-state index contributed by atoms with van der Waals surface area (Å²) < 4.78 is 60.0. The summed E-state index contributed by atoms with van der Waals surface area (Å²) in [6, 6.07) is 9.93. The maximum atomic E-state index is 13.1. The van der Waals surface area contributed by atoms with Crippen molar-refractivity contribution in [2.45, 2.75) is 5.75 Å². The van der Waals surface area contributed by atoms with Gasteiger partial charge < -0.3 is 24.3 Å². The van der Waals surface area contributed by atoms with Gasteiger partial charge in [-0.1, -0.05) is 0 Å². The number of sulfone groups is 1. The number of methoxy groups -OCH3 is 4. The molecule has 0 radical (unpaired) electrons. The zero-order valence-corrected chi connectivity index (χ0v) is 22.0. The molecule has 0 aliphatic rings. The van der Waals surface area contributed by atoms with Gasteiger partial charge in [-0.05, 0) is 42.0 Å². The molecule has 1 N–H and O–H groups in total. The monoisotopic (exact) mass is 542 g/mol. The molecule has 0 bridgehead atoms. The summed E-state index contributed by atoms with van der Waals surface area (Å²) in [5.74, 6) is 0.319. The Kier molecular flexibility index (Phi) is 9.44. The predicted octanol–water partition coefficient (Wildman–Crippen LogP) is 4.65. The van der Waals surface area contributed by atoms with Gasteiger partial charge in [0.15, 0.2) is 15.6 Å². The molecule has 0 aliphatic carbocycles. The van der Waals surface area contributed by atoms with Gasteiger partial charge >= 0.3 is 0 Å². The van der Waals surface area contributed by atoms with Gasteiger partial charge in [0.25, 0.3) is 0 Å². The first-order chi connectivity index (χ1) is 18.2. The third-order valence-corrected chi connectivity index (χ3v) is 6.55. The largest absolute Gasteiger partial charge is 0.496 e. The van der Waals surface area contributed by atoms with E-state index in [1.54, 1.807) is 18.2 Å². The van der Waals surface area contributed by atoms with Crippen molar-refractivity contribution in [3.8, 4) is 23.1 Å². The van der Waals surface area contributed by atoms with E-state index in [-0.39, 0.29) is 17.4 Å². The van der Waals surface area contributed by atoms with Crippen molar-refractivity contribution in [1.29, 1.82) is 0 Å². The number of carbonyl (C=O) groups excluding carboxylic acids is 1. The van der Waals surface area contributed by atoms with Crippen LogP contribution < -0.4 is 24.3 Å². The number of rotatable bonds is 12. The van der Waals surface area contributed by atoms with E-state index in [0.717, 1.165) is 5.41 Å². The van der Waals surface area contributed by atoms with Crippen LogP contribution >= 0.6 is 0 Å². The number of nitrogens with zero attached hydrogens (tertiary/aromatic N) is 1. The normalized spacial score (nSPS) is 11.5. The molecule has 0 spiro atoms. The van der Waals surface area contributed by atoms with Crippen molar-refractivity contribution in [3.05, 3.63) is 88.9 Å². The van der Waals surface area contributed by atoms with Crippen molar-refractivity contribution in [3.63, 3.8) is 0 Å². The summed E-state index contributed by atoms with van der Waals surface area (Å²) >= 11 is 0. The summed E-state index contributed by atoms with van der Waals surface area (Å²) in [4.78, 5) is 16.4. The number of hydrogen-bond acceptors (Lipinski definition) is 9. The fourth-order valence-corrected chi connectivity index (χ4v) is 4.47. The number of benzene rings is 2. The average molecular weight is 543 g/mol. The number of ketones is 1. The van der Waals surface area contributed by atoms with Crippen LogP contribution in [0.2, 0.25) is 0 Å². The first-order valence-electron chi connectivity index (χ1n) is 11.2. The van der Waals surface area contributed by atoms with E-state index in [1.165, 1.54) is 77.3 Å². The minimum Gasteiger partial charge on any atom is -0.496 e. The number of pyridine rings is 1. The fraction of sp³-hybridized carbons (Fsp3) is 0.185. The second kappa shape index (κ2) is 12.7. The van der Waals surface area contributed by atoms with E-state index in [2.05, 4.69) is 10.3 Å². The quantitative estimate of drug-likeness (QED) is 0.258. The van der Waals surface area contributed by atoms with Crippen molar-refractivity contribution in [2.75, 3.05) is 33.8 Å². The highest BCUT2D eigenvalue weighted by atomic mass is 32.2. The molecule has 0 fully saturated rings. The van der Waals surface area contributed by atoms with Gasteiger partial charge in [0.1, 0.15) is 28.8 Å². The SMILES string of the molecule is COc1cc(OC)c(/C=C/S(=O)(=O)Cc2cnc(OC)c(N/C=C\C(=O)c3ccc(F)cc3)c2)c(OC)c1. The first-order valence-corrected chi connectivity index (χ1v) is 12.9. The Morgan fingerprint density at radius 3 is 2.21 bits per heavy atom. The highest BCUT2D eigenvalue weighted by Crippen LogP contribution is 2.35. The molecule has 3 rings (SSSR count). The summed E-state index contributed by atoms with van der Waals surface area (Å²) in [7, 11) is 2.08. The topological polar surface area (TPSA) is 113 Å². The van der Waals surface area contributed by atoms with E-state index >= 15 is 0 Å². The van der Waals surface area contributed by atoms with Crippen LogP contribution in [0, 0.1) is 5.82 Å². The Bertz CT molecular complexity index is 1430. The number of carbonyl (C=O) groups is 1. The number of halogens is 1. The number of aromatic nitrogens is 1. The second-order valence-corrected chi connectivity index (χ2v) is 9.69. The van der Waals surface area contributed by atoms with Crippen molar-refractivity contribution in [1.82, 2.24) is 4.98 Å². The Labute approximate surface area is 220 Å². The molecule has 0 aliphatic heterocycles. The van der Waals surface area contributed by atoms with Crippen LogP contribution in [0.15, 0.2) is 66.3 Å². The van der Waals surface area contributed by atoms with Gasteiger partial charge in [-0.2, -0.15) is 0 Å². The van der Waals surface area contributed by atoms with Crippen LogP contribution in [-0.4, -0.2) is 47.6 Å². The molecule has 0 saturated heterocycles. The Balaban J connectivity index is 1.78. The average Bonchev–Trinajstić information content (AvgIpc) is 2.91. The second-order valence-electron chi connectivity index (χ2n) is 7.80. The third-order valence-electron chi connectivity index (χ3n) is 5.27. The van der Waals surface area contributed by atoms with E-state index in [4.69, 9.17) is 18.9 Å². The molecule has 0 saturated carbocycles. The van der Waals surface area contributed by atoms with Crippen LogP contribution in [0.5, 0.6) is 23.1 Å². The van der Waals surface area contributed by atoms with Gasteiger partial charge in [-0.3, -0.25) is 4.79 Å². The molecular weight excluding hydrogens is 515 g/mol. The van der Waals surface area contributed by atoms with E-state index in [9.17, 15) is 17.6 Å². The number of nitrogens with one attached hydrogen (secondary N) is 1. The lowest BCUT2D eigenvalue weighted by molar-refractivity contribution is 0.104. The summed E-state index contributed by atoms with van der Waals surface area (Å²) in [5, 5.41) is 3.95. The smallest absolute Gasteiger partial charge is 0.237 e. The van der Waals surface area contributed by atoms with E-state index in [0.29, 0.717) is 39.6 Å². The molecule has 2 aromatic carbocycles. The molecule has 3 aromatic rings. The summed E-state index contributed by atoms with van der Waals surface area (Å²) in [6.07, 6.45) is 5.41. The highest BCUT2D eigenvalue weighted by molar-refractivity contribution is 7.93. The minimum absolute atomic E-state index is 0.202. The van der Waals surface area contributed by atoms with Crippen LogP contribution in [0.1, 0.15) is 21.5 Å².